The van der Waals surface area contributed by atoms with Crippen molar-refractivity contribution < 1.29 is 14.0 Å². The number of nitrogens with one attached hydrogen (secondary N) is 1. The zero-order chi connectivity index (χ0) is 26.5. The number of halogens is 1. The molecular formula is C30H33FN4O2S. The maximum atomic E-state index is 14.1. The lowest BCUT2D eigenvalue weighted by atomic mass is 9.85. The smallest absolute Gasteiger partial charge is 0.254 e. The highest BCUT2D eigenvalue weighted by Crippen LogP contribution is 2.41. The van der Waals surface area contributed by atoms with Gasteiger partial charge >= 0.3 is 0 Å². The number of rotatable bonds is 9. The molecule has 1 N–H and O–H groups in total. The van der Waals surface area contributed by atoms with Crippen LogP contribution in [0.2, 0.25) is 0 Å². The van der Waals surface area contributed by atoms with Crippen molar-refractivity contribution in [2.75, 3.05) is 47.1 Å². The van der Waals surface area contributed by atoms with Gasteiger partial charge in [0.05, 0.1) is 6.67 Å². The summed E-state index contributed by atoms with van der Waals surface area (Å²) in [6.07, 6.45) is 4.60. The Morgan fingerprint density at radius 2 is 1.68 bits per heavy atom. The van der Waals surface area contributed by atoms with Crippen molar-refractivity contribution >= 4 is 40.7 Å². The predicted octanol–water partition coefficient (Wildman–Crippen LogP) is 5.82. The Labute approximate surface area is 227 Å². The van der Waals surface area contributed by atoms with Gasteiger partial charge in [-0.1, -0.05) is 36.2 Å². The van der Waals surface area contributed by atoms with Crippen molar-refractivity contribution in [1.29, 1.82) is 0 Å². The number of carbonyl (C=O) groups excluding carboxylic acids is 2. The number of benzene rings is 3. The molecule has 38 heavy (non-hydrogen) atoms. The second-order valence-electron chi connectivity index (χ2n) is 9.90. The molecule has 0 unspecified atom stereocenters. The summed E-state index contributed by atoms with van der Waals surface area (Å²) in [6, 6.07) is 24.0. The van der Waals surface area contributed by atoms with Crippen molar-refractivity contribution in [2.45, 2.75) is 31.2 Å². The van der Waals surface area contributed by atoms with Gasteiger partial charge in [0.2, 0.25) is 0 Å². The molecule has 2 saturated heterocycles. The van der Waals surface area contributed by atoms with Crippen molar-refractivity contribution in [3.05, 3.63) is 90.2 Å². The Bertz CT molecular complexity index is 1260. The summed E-state index contributed by atoms with van der Waals surface area (Å²) in [4.78, 5) is 33.1. The number of amides is 1. The number of anilines is 3. The zero-order valence-corrected chi connectivity index (χ0v) is 22.4. The normalized spacial score (nSPS) is 17.3. The first-order valence-electron chi connectivity index (χ1n) is 13.0. The molecule has 3 aromatic rings. The number of nitrogens with zero attached hydrogens (tertiary/aromatic N) is 3. The Hall–Kier alpha value is -3.36. The summed E-state index contributed by atoms with van der Waals surface area (Å²) in [7, 11) is 0. The summed E-state index contributed by atoms with van der Waals surface area (Å²) in [5.41, 5.74) is 2.88. The minimum atomic E-state index is -0.593. The molecule has 0 radical (unpaired) electrons. The third-order valence-corrected chi connectivity index (χ3v) is 8.06. The van der Waals surface area contributed by atoms with Crippen LogP contribution in [0.1, 0.15) is 36.0 Å². The van der Waals surface area contributed by atoms with Crippen LogP contribution in [0.5, 0.6) is 0 Å². The Balaban J connectivity index is 1.27. The molecule has 2 fully saturated rings. The predicted molar refractivity (Wildman–Crippen MR) is 153 cm³/mol. The van der Waals surface area contributed by atoms with Crippen molar-refractivity contribution in [3.63, 3.8) is 0 Å². The first kappa shape index (κ1) is 26.3. The molecule has 0 aromatic heterocycles. The lowest BCUT2D eigenvalue weighted by molar-refractivity contribution is -0.123. The van der Waals surface area contributed by atoms with E-state index in [0.29, 0.717) is 18.7 Å². The first-order chi connectivity index (χ1) is 18.5. The van der Waals surface area contributed by atoms with Crippen LogP contribution < -0.4 is 14.5 Å². The van der Waals surface area contributed by atoms with E-state index in [1.807, 2.05) is 53.6 Å². The minimum Gasteiger partial charge on any atom is -0.338 e. The number of ketones is 1. The van der Waals surface area contributed by atoms with Crippen LogP contribution in [0.3, 0.4) is 0 Å². The highest BCUT2D eigenvalue weighted by Gasteiger charge is 2.54. The van der Waals surface area contributed by atoms with Crippen LogP contribution in [-0.4, -0.2) is 54.7 Å². The second-order valence-corrected chi connectivity index (χ2v) is 10.5. The number of piperidine rings is 1. The largest absolute Gasteiger partial charge is 0.338 e. The molecule has 0 aliphatic carbocycles. The number of hydrogen-bond acceptors (Lipinski definition) is 6. The molecular weight excluding hydrogens is 499 g/mol. The molecule has 0 bridgehead atoms. The maximum absolute atomic E-state index is 14.1. The summed E-state index contributed by atoms with van der Waals surface area (Å²) < 4.78 is 16.4. The van der Waals surface area contributed by atoms with E-state index in [2.05, 4.69) is 26.7 Å². The highest BCUT2D eigenvalue weighted by molar-refractivity contribution is 7.99. The van der Waals surface area contributed by atoms with Crippen LogP contribution >= 0.6 is 11.9 Å². The molecule has 6 nitrogen and oxygen atoms in total. The Morgan fingerprint density at radius 1 is 0.974 bits per heavy atom. The Morgan fingerprint density at radius 3 is 2.39 bits per heavy atom. The zero-order valence-electron chi connectivity index (χ0n) is 21.6. The number of hydrogen-bond donors (Lipinski definition) is 1. The van der Waals surface area contributed by atoms with Gasteiger partial charge in [0, 0.05) is 48.4 Å². The van der Waals surface area contributed by atoms with Gasteiger partial charge in [-0.15, -0.1) is 0 Å². The molecule has 0 saturated carbocycles. The first-order valence-corrected chi connectivity index (χ1v) is 14.3. The fourth-order valence-corrected chi connectivity index (χ4v) is 5.93. The lowest BCUT2D eigenvalue weighted by Gasteiger charge is -2.43. The standard InChI is InChI=1S/C30H33FN4O2S/c1-38-32-25-7-5-10-27(21-25)34-22-35(26-8-3-2-4-9-26)30(29(34)37)16-19-33(20-17-30)18-6-11-28(36)23-12-14-24(31)15-13-23/h2-5,7-10,12-15,21,32H,6,11,16-20,22H2,1H3. The topological polar surface area (TPSA) is 55.9 Å². The van der Waals surface area contributed by atoms with Gasteiger partial charge in [0.15, 0.2) is 5.78 Å². The van der Waals surface area contributed by atoms with Crippen LogP contribution in [0.15, 0.2) is 78.9 Å². The summed E-state index contributed by atoms with van der Waals surface area (Å²) >= 11 is 1.53. The number of para-hydroxylation sites is 1. The fraction of sp³-hybridized carbons (Fsp3) is 0.333. The molecule has 3 aromatic carbocycles. The molecule has 1 amide bonds. The van der Waals surface area contributed by atoms with Gasteiger partial charge < -0.3 is 14.5 Å². The monoisotopic (exact) mass is 532 g/mol. The van der Waals surface area contributed by atoms with Crippen LogP contribution in [0.25, 0.3) is 0 Å². The van der Waals surface area contributed by atoms with E-state index in [1.54, 1.807) is 12.1 Å². The van der Waals surface area contributed by atoms with E-state index in [-0.39, 0.29) is 17.5 Å². The molecule has 198 valence electrons. The molecule has 5 rings (SSSR count). The van der Waals surface area contributed by atoms with E-state index >= 15 is 0 Å². The Kier molecular flexibility index (Phi) is 8.00. The van der Waals surface area contributed by atoms with Gasteiger partial charge in [-0.2, -0.15) is 0 Å². The van der Waals surface area contributed by atoms with E-state index in [9.17, 15) is 14.0 Å². The highest BCUT2D eigenvalue weighted by atomic mass is 32.2. The van der Waals surface area contributed by atoms with Crippen LogP contribution in [0.4, 0.5) is 21.5 Å². The van der Waals surface area contributed by atoms with Gasteiger partial charge in [-0.05, 0) is 80.4 Å². The average molecular weight is 533 g/mol. The van der Waals surface area contributed by atoms with E-state index < -0.39 is 5.54 Å². The second kappa shape index (κ2) is 11.6. The van der Waals surface area contributed by atoms with Crippen molar-refractivity contribution in [1.82, 2.24) is 4.90 Å². The quantitative estimate of drug-likeness (QED) is 0.277. The van der Waals surface area contributed by atoms with Crippen molar-refractivity contribution in [3.8, 4) is 0 Å². The van der Waals surface area contributed by atoms with E-state index in [0.717, 1.165) is 56.0 Å². The summed E-state index contributed by atoms with van der Waals surface area (Å²) in [5, 5.41) is 0. The third kappa shape index (κ3) is 5.42. The summed E-state index contributed by atoms with van der Waals surface area (Å²) in [5.74, 6) is -0.153. The van der Waals surface area contributed by atoms with Crippen LogP contribution in [0, 0.1) is 5.82 Å². The summed E-state index contributed by atoms with van der Waals surface area (Å²) in [6.45, 7) is 2.90. The molecule has 2 heterocycles. The van der Waals surface area contributed by atoms with E-state index in [1.165, 1.54) is 24.1 Å². The van der Waals surface area contributed by atoms with Gasteiger partial charge in [0.1, 0.15) is 11.4 Å². The molecule has 2 aliphatic rings. The lowest BCUT2D eigenvalue weighted by Crippen LogP contribution is -2.56. The third-order valence-electron chi connectivity index (χ3n) is 7.62. The molecule has 2 aliphatic heterocycles. The molecule has 8 heteroatoms. The molecule has 1 spiro atoms. The van der Waals surface area contributed by atoms with E-state index in [4.69, 9.17) is 0 Å². The fourth-order valence-electron chi connectivity index (χ4n) is 5.57. The van der Waals surface area contributed by atoms with Gasteiger partial charge in [-0.3, -0.25) is 14.5 Å². The molecule has 0 atom stereocenters. The SMILES string of the molecule is CSNc1cccc(N2CN(c3ccccc3)C3(CCN(CCCC(=O)c4ccc(F)cc4)CC3)C2=O)c1. The number of Topliss-reactive ketones (excluding diaryl/α,β-unsaturated/α-hetero) is 1. The number of likely N-dealkylation sites (tertiary alicyclic amines) is 1. The van der Waals surface area contributed by atoms with Gasteiger partial charge in [-0.25, -0.2) is 4.39 Å². The van der Waals surface area contributed by atoms with Crippen molar-refractivity contribution in [2.24, 2.45) is 0 Å². The van der Waals surface area contributed by atoms with Gasteiger partial charge in [0.25, 0.3) is 5.91 Å². The average Bonchev–Trinajstić information content (AvgIpc) is 3.22. The minimum absolute atomic E-state index is 0.0357. The maximum Gasteiger partial charge on any atom is 0.254 e. The number of carbonyl (C=O) groups is 2. The van der Waals surface area contributed by atoms with Crippen LogP contribution in [-0.2, 0) is 4.79 Å².